The highest BCUT2D eigenvalue weighted by Gasteiger charge is 2.25. The SMILES string of the molecule is [2H]c1c([2H])c([2H])c(-c2nc(-c3c([2H])c([2H])c([2H])c([2H])c3[2H])nc(-n3c4ccccc4c4ccc5c6ccccc6n(-c6c([2H])c([2H])c([2H])c7c6oc6c([2H])c([2H])c(-c8c([2H])c([2H])c([2H])c([2H])c8[2H])c([2H])c67)c5c43)n2)c([2H])c1[2H]. The second kappa shape index (κ2) is 12.3. The minimum atomic E-state index is -0.757. The Labute approximate surface area is 356 Å². The molecule has 0 aliphatic carbocycles. The molecule has 0 spiro atoms. The van der Waals surface area contributed by atoms with E-state index in [1.54, 1.807) is 65.2 Å². The molecule has 0 aliphatic heterocycles. The van der Waals surface area contributed by atoms with Crippen LogP contribution in [0.25, 0.3) is 111 Å². The minimum absolute atomic E-state index is 0.192. The second-order valence-corrected chi connectivity index (χ2v) is 12.8. The van der Waals surface area contributed by atoms with Crippen LogP contribution in [0.5, 0.6) is 0 Å². The average Bonchev–Trinajstić information content (AvgIpc) is 3.95. The third-order valence-corrected chi connectivity index (χ3v) is 9.76. The van der Waals surface area contributed by atoms with Crippen LogP contribution < -0.4 is 0 Å². The van der Waals surface area contributed by atoms with Crippen molar-refractivity contribution >= 4 is 65.6 Å². The van der Waals surface area contributed by atoms with Gasteiger partial charge >= 0.3 is 0 Å². The van der Waals surface area contributed by atoms with Gasteiger partial charge in [0.1, 0.15) is 5.58 Å². The lowest BCUT2D eigenvalue weighted by atomic mass is 10.0. The van der Waals surface area contributed by atoms with Crippen molar-refractivity contribution in [3.05, 3.63) is 188 Å². The number of para-hydroxylation sites is 3. The van der Waals surface area contributed by atoms with E-state index in [0.29, 0.717) is 32.6 Å². The van der Waals surface area contributed by atoms with E-state index >= 15 is 0 Å². The van der Waals surface area contributed by atoms with Crippen LogP contribution in [-0.2, 0) is 0 Å². The number of furan rings is 1. The molecule has 0 amide bonds. The Morgan fingerprint density at radius 2 is 0.982 bits per heavy atom. The van der Waals surface area contributed by atoms with Gasteiger partial charge in [-0.1, -0.05) is 157 Å². The zero-order valence-corrected chi connectivity index (χ0v) is 28.9. The number of benzene rings is 8. The quantitative estimate of drug-likeness (QED) is 0.176. The van der Waals surface area contributed by atoms with Crippen molar-refractivity contribution in [1.29, 1.82) is 0 Å². The normalized spacial score (nSPS) is 17.0. The summed E-state index contributed by atoms with van der Waals surface area (Å²) < 4.78 is 195. The van der Waals surface area contributed by atoms with Crippen molar-refractivity contribution in [2.24, 2.45) is 0 Å². The molecule has 12 rings (SSSR count). The fourth-order valence-electron chi connectivity index (χ4n) is 7.42. The fraction of sp³-hybridized carbons (Fsp3) is 0. The van der Waals surface area contributed by atoms with Crippen LogP contribution >= 0.6 is 0 Å². The van der Waals surface area contributed by atoms with E-state index in [4.69, 9.17) is 36.3 Å². The molecular weight excluding hydrogens is 699 g/mol. The van der Waals surface area contributed by atoms with Gasteiger partial charge in [-0.15, -0.1) is 0 Å². The predicted octanol–water partition coefficient (Wildman–Crippen LogP) is 13.0. The van der Waals surface area contributed by atoms with Crippen LogP contribution in [0.3, 0.4) is 0 Å². The molecule has 0 radical (unpaired) electrons. The predicted molar refractivity (Wildman–Crippen MR) is 232 cm³/mol. The van der Waals surface area contributed by atoms with Crippen molar-refractivity contribution in [2.45, 2.75) is 0 Å². The summed E-state index contributed by atoms with van der Waals surface area (Å²) in [4.78, 5) is 14.0. The molecule has 0 aliphatic rings. The minimum Gasteiger partial charge on any atom is -0.454 e. The first-order valence-electron chi connectivity index (χ1n) is 27.9. The van der Waals surface area contributed by atoms with Gasteiger partial charge in [0.05, 0.1) is 56.5 Å². The molecule has 0 fully saturated rings. The lowest BCUT2D eigenvalue weighted by Crippen LogP contribution is -2.07. The Balaban J connectivity index is 1.27. The lowest BCUT2D eigenvalue weighted by Gasteiger charge is -2.13. The molecule has 4 heterocycles. The summed E-state index contributed by atoms with van der Waals surface area (Å²) in [7, 11) is 0. The number of fused-ring (bicyclic) bond motifs is 10. The standard InChI is InChI=1S/C51H31N5O/c1-4-15-32(16-5-1)35-27-30-45-41(31-35)40-23-14-26-44(48(40)57-45)55-42-24-12-10-21-36(42)38-28-29-39-37-22-11-13-25-43(37)56(47(39)46(38)55)51-53-49(33-17-6-2-7-18-33)52-50(54-51)34-19-8-3-9-20-34/h1-31H/i1D,2D,3D,4D,5D,6D,7D,8D,9D,14D,15D,16D,17D,18D,19D,20D,23D,26D,27D,30D,31D. The molecule has 0 atom stereocenters. The van der Waals surface area contributed by atoms with Gasteiger partial charge < -0.3 is 8.98 Å². The van der Waals surface area contributed by atoms with E-state index < -0.39 is 166 Å². The zero-order chi connectivity index (χ0) is 55.7. The summed E-state index contributed by atoms with van der Waals surface area (Å²) in [5, 5.41) is 1.54. The van der Waals surface area contributed by atoms with Crippen LogP contribution in [0.2, 0.25) is 0 Å². The van der Waals surface area contributed by atoms with E-state index in [1.807, 2.05) is 0 Å². The maximum atomic E-state index is 9.70. The molecule has 0 N–H and O–H groups in total. The van der Waals surface area contributed by atoms with Gasteiger partial charge in [-0.2, -0.15) is 9.97 Å². The maximum absolute atomic E-state index is 9.70. The maximum Gasteiger partial charge on any atom is 0.238 e. The van der Waals surface area contributed by atoms with Gasteiger partial charge in [-0.3, -0.25) is 4.57 Å². The van der Waals surface area contributed by atoms with E-state index in [1.165, 1.54) is 4.57 Å². The number of aromatic nitrogens is 5. The molecule has 12 aromatic rings. The Hall–Kier alpha value is -7.83. The summed E-state index contributed by atoms with van der Waals surface area (Å²) in [6.45, 7) is 0. The Morgan fingerprint density at radius 3 is 1.61 bits per heavy atom. The lowest BCUT2D eigenvalue weighted by molar-refractivity contribution is 0.666. The van der Waals surface area contributed by atoms with Crippen molar-refractivity contribution in [1.82, 2.24) is 24.1 Å². The molecule has 266 valence electrons. The molecule has 0 unspecified atom stereocenters. The molecule has 8 aromatic carbocycles. The number of rotatable bonds is 5. The highest BCUT2D eigenvalue weighted by atomic mass is 16.3. The van der Waals surface area contributed by atoms with E-state index in [-0.39, 0.29) is 39.0 Å². The summed E-state index contributed by atoms with van der Waals surface area (Å²) >= 11 is 0. The molecule has 6 nitrogen and oxygen atoms in total. The summed E-state index contributed by atoms with van der Waals surface area (Å²) in [6.07, 6.45) is 0. The average molecular weight is 751 g/mol. The summed E-state index contributed by atoms with van der Waals surface area (Å²) in [6, 6.07) is 2.53. The van der Waals surface area contributed by atoms with Gasteiger partial charge in [0.25, 0.3) is 0 Å². The first kappa shape index (κ1) is 17.3. The van der Waals surface area contributed by atoms with Gasteiger partial charge in [0.15, 0.2) is 17.2 Å². The Bertz CT molecular complexity index is 4600. The van der Waals surface area contributed by atoms with Gasteiger partial charge in [-0.05, 0) is 41.4 Å². The fourth-order valence-corrected chi connectivity index (χ4v) is 7.42. The highest BCUT2D eigenvalue weighted by Crippen LogP contribution is 2.44. The Kier molecular flexibility index (Phi) is 3.75. The van der Waals surface area contributed by atoms with Crippen LogP contribution in [0.4, 0.5) is 0 Å². The number of hydrogen-bond acceptors (Lipinski definition) is 4. The second-order valence-electron chi connectivity index (χ2n) is 12.8. The van der Waals surface area contributed by atoms with Crippen LogP contribution in [0.1, 0.15) is 28.8 Å². The largest absolute Gasteiger partial charge is 0.454 e. The van der Waals surface area contributed by atoms with Crippen LogP contribution in [-0.4, -0.2) is 24.1 Å². The Morgan fingerprint density at radius 1 is 0.421 bits per heavy atom. The van der Waals surface area contributed by atoms with E-state index in [9.17, 15) is 6.85 Å². The van der Waals surface area contributed by atoms with Gasteiger partial charge in [-0.25, -0.2) is 4.98 Å². The monoisotopic (exact) mass is 750 g/mol. The molecule has 0 saturated carbocycles. The first-order valence-corrected chi connectivity index (χ1v) is 17.4. The van der Waals surface area contributed by atoms with Crippen molar-refractivity contribution < 1.29 is 33.2 Å². The topological polar surface area (TPSA) is 61.7 Å². The number of hydrogen-bond donors (Lipinski definition) is 0. The van der Waals surface area contributed by atoms with Gasteiger partial charge in [0.2, 0.25) is 5.95 Å². The summed E-state index contributed by atoms with van der Waals surface area (Å²) in [5.74, 6) is -1.41. The molecule has 57 heavy (non-hydrogen) atoms. The molecule has 0 bridgehead atoms. The van der Waals surface area contributed by atoms with Crippen LogP contribution in [0, 0.1) is 0 Å². The van der Waals surface area contributed by atoms with E-state index in [2.05, 4.69) is 4.98 Å². The van der Waals surface area contributed by atoms with E-state index in [0.717, 1.165) is 0 Å². The van der Waals surface area contributed by atoms with Crippen molar-refractivity contribution in [3.63, 3.8) is 0 Å². The molecular formula is C51H31N5O. The third kappa shape index (κ3) is 4.81. The molecule has 6 heteroatoms. The molecule has 0 saturated heterocycles. The smallest absolute Gasteiger partial charge is 0.238 e. The highest BCUT2D eigenvalue weighted by molar-refractivity contribution is 6.24. The van der Waals surface area contributed by atoms with Crippen molar-refractivity contribution in [3.8, 4) is 45.5 Å². The molecule has 4 aromatic heterocycles. The first-order chi connectivity index (χ1) is 37.0. The number of nitrogens with zero attached hydrogens (tertiary/aromatic N) is 5. The summed E-state index contributed by atoms with van der Waals surface area (Å²) in [5.41, 5.74) is -1.73. The zero-order valence-electron chi connectivity index (χ0n) is 49.9. The van der Waals surface area contributed by atoms with Crippen LogP contribution in [0.15, 0.2) is 192 Å². The van der Waals surface area contributed by atoms with Gasteiger partial charge in [0, 0.05) is 43.4 Å². The van der Waals surface area contributed by atoms with Crippen molar-refractivity contribution in [2.75, 3.05) is 0 Å². The third-order valence-electron chi connectivity index (χ3n) is 9.76.